The first-order chi connectivity index (χ1) is 8.01. The average Bonchev–Trinajstić information content (AvgIpc) is 2.75. The van der Waals surface area contributed by atoms with Gasteiger partial charge in [0, 0.05) is 6.04 Å². The number of rotatable bonds is 5. The molecule has 4 nitrogen and oxygen atoms in total. The minimum Gasteiger partial charge on any atom is -0.342 e. The third-order valence-corrected chi connectivity index (χ3v) is 3.89. The van der Waals surface area contributed by atoms with E-state index in [1.165, 1.54) is 12.8 Å². The maximum atomic E-state index is 11.6. The zero-order chi connectivity index (χ0) is 12.9. The van der Waals surface area contributed by atoms with Crippen LogP contribution in [0.25, 0.3) is 0 Å². The van der Waals surface area contributed by atoms with E-state index in [1.54, 1.807) is 0 Å². The second-order valence-electron chi connectivity index (χ2n) is 5.41. The van der Waals surface area contributed by atoms with Crippen LogP contribution < -0.4 is 5.32 Å². The van der Waals surface area contributed by atoms with Crippen molar-refractivity contribution in [1.29, 1.82) is 5.26 Å². The summed E-state index contributed by atoms with van der Waals surface area (Å²) < 4.78 is 0. The minimum absolute atomic E-state index is 0.0367. The number of nitrogens with zero attached hydrogens (tertiary/aromatic N) is 2. The first kappa shape index (κ1) is 14.0. The summed E-state index contributed by atoms with van der Waals surface area (Å²) in [6.07, 6.45) is 3.46. The number of carbonyl (C=O) groups is 1. The van der Waals surface area contributed by atoms with Crippen molar-refractivity contribution >= 4 is 5.91 Å². The highest BCUT2D eigenvalue weighted by atomic mass is 16.2. The molecule has 0 radical (unpaired) electrons. The Morgan fingerprint density at radius 2 is 2.29 bits per heavy atom. The van der Waals surface area contributed by atoms with E-state index >= 15 is 0 Å². The monoisotopic (exact) mass is 237 g/mol. The predicted octanol–water partition coefficient (Wildman–Crippen LogP) is 1.53. The number of amides is 1. The van der Waals surface area contributed by atoms with E-state index in [-0.39, 0.29) is 17.9 Å². The number of nitrogens with one attached hydrogen (secondary N) is 1. The molecule has 0 bridgehead atoms. The molecule has 1 saturated heterocycles. The van der Waals surface area contributed by atoms with Gasteiger partial charge in [-0.05, 0) is 31.2 Å². The van der Waals surface area contributed by atoms with Crippen LogP contribution in [-0.4, -0.2) is 36.5 Å². The smallest absolute Gasteiger partial charge is 0.235 e. The molecule has 1 aliphatic rings. The lowest BCUT2D eigenvalue weighted by Gasteiger charge is -2.37. The van der Waals surface area contributed by atoms with Crippen LogP contribution in [0.15, 0.2) is 0 Å². The molecular weight excluding hydrogens is 214 g/mol. The summed E-state index contributed by atoms with van der Waals surface area (Å²) in [5, 5.41) is 11.0. The first-order valence-corrected chi connectivity index (χ1v) is 6.39. The fraction of sp³-hybridized carbons (Fsp3) is 0.846. The normalized spacial score (nSPS) is 21.2. The molecule has 0 aliphatic carbocycles. The fourth-order valence-corrected chi connectivity index (χ4v) is 2.51. The quantitative estimate of drug-likeness (QED) is 0.738. The summed E-state index contributed by atoms with van der Waals surface area (Å²) >= 11 is 0. The van der Waals surface area contributed by atoms with Crippen molar-refractivity contribution < 1.29 is 4.79 Å². The van der Waals surface area contributed by atoms with E-state index in [4.69, 9.17) is 5.26 Å². The molecule has 17 heavy (non-hydrogen) atoms. The Morgan fingerprint density at radius 1 is 1.59 bits per heavy atom. The van der Waals surface area contributed by atoms with Gasteiger partial charge in [0.1, 0.15) is 6.54 Å². The summed E-state index contributed by atoms with van der Waals surface area (Å²) in [5.74, 6) is -0.0367. The molecule has 0 unspecified atom stereocenters. The molecule has 1 atom stereocenters. The summed E-state index contributed by atoms with van der Waals surface area (Å²) in [4.78, 5) is 13.9. The van der Waals surface area contributed by atoms with Crippen molar-refractivity contribution in [3.05, 3.63) is 0 Å². The number of carbonyl (C=O) groups excluding carboxylic acids is 1. The molecular formula is C13H23N3O. The molecule has 1 N–H and O–H groups in total. The highest BCUT2D eigenvalue weighted by Gasteiger charge is 2.36. The van der Waals surface area contributed by atoms with Crippen LogP contribution in [0, 0.1) is 16.7 Å². The van der Waals surface area contributed by atoms with Gasteiger partial charge >= 0.3 is 0 Å². The van der Waals surface area contributed by atoms with Crippen LogP contribution in [0.5, 0.6) is 0 Å². The van der Waals surface area contributed by atoms with Gasteiger partial charge in [-0.2, -0.15) is 5.26 Å². The van der Waals surface area contributed by atoms with Crippen LogP contribution >= 0.6 is 0 Å². The highest BCUT2D eigenvalue weighted by molar-refractivity contribution is 5.78. The van der Waals surface area contributed by atoms with Crippen LogP contribution in [0.3, 0.4) is 0 Å². The maximum absolute atomic E-state index is 11.6. The summed E-state index contributed by atoms with van der Waals surface area (Å²) in [6, 6.07) is 2.41. The van der Waals surface area contributed by atoms with E-state index in [2.05, 4.69) is 31.0 Å². The van der Waals surface area contributed by atoms with E-state index in [0.29, 0.717) is 12.6 Å². The third kappa shape index (κ3) is 3.71. The number of likely N-dealkylation sites (tertiary alicyclic amines) is 1. The number of nitriles is 1. The predicted molar refractivity (Wildman–Crippen MR) is 67.3 cm³/mol. The Bertz CT molecular complexity index is 306. The number of hydrogen-bond acceptors (Lipinski definition) is 3. The molecule has 1 fully saturated rings. The average molecular weight is 237 g/mol. The van der Waals surface area contributed by atoms with Gasteiger partial charge in [-0.15, -0.1) is 0 Å². The van der Waals surface area contributed by atoms with Crippen molar-refractivity contribution in [2.45, 2.75) is 46.1 Å². The Balaban J connectivity index is 2.53. The van der Waals surface area contributed by atoms with E-state index in [1.807, 2.05) is 6.07 Å². The lowest BCUT2D eigenvalue weighted by Crippen LogP contribution is -2.45. The molecule has 0 aromatic heterocycles. The molecule has 0 saturated carbocycles. The Kier molecular flexibility index (Phi) is 4.95. The van der Waals surface area contributed by atoms with Crippen LogP contribution in [0.1, 0.15) is 40.0 Å². The number of hydrogen-bond donors (Lipinski definition) is 1. The van der Waals surface area contributed by atoms with Gasteiger partial charge in [0.15, 0.2) is 0 Å². The van der Waals surface area contributed by atoms with Crippen molar-refractivity contribution in [2.75, 3.05) is 19.6 Å². The van der Waals surface area contributed by atoms with Gasteiger partial charge in [-0.3, -0.25) is 9.69 Å². The van der Waals surface area contributed by atoms with Crippen LogP contribution in [-0.2, 0) is 4.79 Å². The zero-order valence-electron chi connectivity index (χ0n) is 11.1. The van der Waals surface area contributed by atoms with E-state index < -0.39 is 0 Å². The van der Waals surface area contributed by atoms with Crippen molar-refractivity contribution in [3.63, 3.8) is 0 Å². The minimum atomic E-state index is -0.0367. The first-order valence-electron chi connectivity index (χ1n) is 6.39. The molecule has 1 amide bonds. The largest absolute Gasteiger partial charge is 0.342 e. The van der Waals surface area contributed by atoms with E-state index in [0.717, 1.165) is 13.0 Å². The van der Waals surface area contributed by atoms with Gasteiger partial charge in [0.25, 0.3) is 0 Å². The van der Waals surface area contributed by atoms with Gasteiger partial charge in [-0.25, -0.2) is 0 Å². The van der Waals surface area contributed by atoms with Gasteiger partial charge in [0.2, 0.25) is 5.91 Å². The summed E-state index contributed by atoms with van der Waals surface area (Å²) in [7, 11) is 0. The second-order valence-corrected chi connectivity index (χ2v) is 5.41. The Labute approximate surface area is 104 Å². The molecule has 4 heteroatoms. The van der Waals surface area contributed by atoms with Crippen molar-refractivity contribution in [3.8, 4) is 6.07 Å². The molecule has 96 valence electrons. The topological polar surface area (TPSA) is 56.1 Å². The fourth-order valence-electron chi connectivity index (χ4n) is 2.51. The Hall–Kier alpha value is -1.08. The molecule has 0 aromatic carbocycles. The van der Waals surface area contributed by atoms with Gasteiger partial charge in [0.05, 0.1) is 12.6 Å². The van der Waals surface area contributed by atoms with Gasteiger partial charge < -0.3 is 5.32 Å². The molecule has 1 rings (SSSR count). The van der Waals surface area contributed by atoms with Crippen LogP contribution in [0.2, 0.25) is 0 Å². The lowest BCUT2D eigenvalue weighted by molar-refractivity contribution is -0.122. The van der Waals surface area contributed by atoms with Crippen molar-refractivity contribution in [1.82, 2.24) is 10.2 Å². The zero-order valence-corrected chi connectivity index (χ0v) is 11.1. The second kappa shape index (κ2) is 6.02. The van der Waals surface area contributed by atoms with Gasteiger partial charge in [-0.1, -0.05) is 20.8 Å². The molecule has 1 heterocycles. The highest BCUT2D eigenvalue weighted by Crippen LogP contribution is 2.35. The van der Waals surface area contributed by atoms with E-state index in [9.17, 15) is 4.79 Å². The Morgan fingerprint density at radius 3 is 2.88 bits per heavy atom. The van der Waals surface area contributed by atoms with Crippen LogP contribution in [0.4, 0.5) is 0 Å². The summed E-state index contributed by atoms with van der Waals surface area (Å²) in [5.41, 5.74) is 0.256. The third-order valence-electron chi connectivity index (χ3n) is 3.89. The SMILES string of the molecule is CCC(C)(C)[C@@H]1CCCN1CC(=O)NCC#N. The summed E-state index contributed by atoms with van der Waals surface area (Å²) in [6.45, 7) is 8.26. The molecule has 1 aliphatic heterocycles. The maximum Gasteiger partial charge on any atom is 0.235 e. The standard InChI is InChI=1S/C13H23N3O/c1-4-13(2,3)11-6-5-9-16(11)10-12(17)15-8-7-14/h11H,4-6,8-10H2,1-3H3,(H,15,17)/t11-/m0/s1. The molecule has 0 aromatic rings. The van der Waals surface area contributed by atoms with Crippen molar-refractivity contribution in [2.24, 2.45) is 5.41 Å². The lowest BCUT2D eigenvalue weighted by atomic mass is 9.80. The molecule has 0 spiro atoms.